The van der Waals surface area contributed by atoms with Crippen LogP contribution in [0.4, 0.5) is 0 Å². The Morgan fingerprint density at radius 2 is 1.18 bits per heavy atom. The van der Waals surface area contributed by atoms with Crippen molar-refractivity contribution in [3.05, 3.63) is 163 Å². The van der Waals surface area contributed by atoms with E-state index in [4.69, 9.17) is 4.42 Å². The first-order valence-electron chi connectivity index (χ1n) is 17.8. The van der Waals surface area contributed by atoms with E-state index in [-0.39, 0.29) is 5.41 Å². The molecular formula is C49H31NO. The lowest BCUT2D eigenvalue weighted by Crippen LogP contribution is -2.14. The number of hydrogen-bond donors (Lipinski definition) is 0. The quantitative estimate of drug-likeness (QED) is 0.170. The summed E-state index contributed by atoms with van der Waals surface area (Å²) >= 11 is 0. The van der Waals surface area contributed by atoms with E-state index < -0.39 is 0 Å². The molecule has 1 aliphatic carbocycles. The van der Waals surface area contributed by atoms with Gasteiger partial charge in [-0.25, -0.2) is 0 Å². The highest BCUT2D eigenvalue weighted by atomic mass is 16.3. The van der Waals surface area contributed by atoms with Crippen molar-refractivity contribution < 1.29 is 4.42 Å². The van der Waals surface area contributed by atoms with Crippen LogP contribution in [0.15, 0.2) is 156 Å². The molecule has 2 heterocycles. The van der Waals surface area contributed by atoms with Crippen molar-refractivity contribution in [2.45, 2.75) is 19.3 Å². The minimum atomic E-state index is -0.0993. The van der Waals surface area contributed by atoms with E-state index in [0.717, 1.165) is 27.6 Å². The Balaban J connectivity index is 1.14. The highest BCUT2D eigenvalue weighted by molar-refractivity contribution is 6.26. The molecule has 0 spiro atoms. The van der Waals surface area contributed by atoms with Gasteiger partial charge in [-0.3, -0.25) is 0 Å². The maximum Gasteiger partial charge on any atom is 0.137 e. The second kappa shape index (κ2) is 9.44. The fraction of sp³-hybridized carbons (Fsp3) is 0.0612. The zero-order valence-electron chi connectivity index (χ0n) is 28.3. The van der Waals surface area contributed by atoms with Crippen molar-refractivity contribution >= 4 is 76.1 Å². The minimum Gasteiger partial charge on any atom is -0.456 e. The number of aromatic nitrogens is 1. The van der Waals surface area contributed by atoms with Crippen LogP contribution < -0.4 is 0 Å². The summed E-state index contributed by atoms with van der Waals surface area (Å²) in [5, 5.41) is 12.7. The van der Waals surface area contributed by atoms with Crippen molar-refractivity contribution in [3.8, 4) is 27.9 Å². The number of para-hydroxylation sites is 1. The van der Waals surface area contributed by atoms with E-state index in [2.05, 4.69) is 170 Å². The van der Waals surface area contributed by atoms with E-state index in [0.29, 0.717) is 0 Å². The van der Waals surface area contributed by atoms with Crippen molar-refractivity contribution in [2.24, 2.45) is 0 Å². The largest absolute Gasteiger partial charge is 0.456 e. The SMILES string of the molecule is CC1(C)c2ccccc2-c2cc3c4ccc5oc6ccccc6c5c4n(-c4ccc(-c5ccc6ccc7cccc8ccc5c6c78)cc4)c3cc21. The molecule has 51 heavy (non-hydrogen) atoms. The summed E-state index contributed by atoms with van der Waals surface area (Å²) in [5.41, 5.74) is 13.2. The first-order chi connectivity index (χ1) is 25.0. The van der Waals surface area contributed by atoms with Crippen LogP contribution in [0.1, 0.15) is 25.0 Å². The zero-order valence-corrected chi connectivity index (χ0v) is 28.3. The van der Waals surface area contributed by atoms with Crippen molar-refractivity contribution in [1.82, 2.24) is 4.57 Å². The molecule has 0 amide bonds. The molecule has 2 aromatic heterocycles. The molecule has 0 N–H and O–H groups in total. The molecule has 0 fully saturated rings. The Kier molecular flexibility index (Phi) is 5.08. The van der Waals surface area contributed by atoms with Gasteiger partial charge in [0.05, 0.1) is 16.4 Å². The topological polar surface area (TPSA) is 18.1 Å². The molecule has 0 saturated heterocycles. The Labute approximate surface area is 294 Å². The number of fused-ring (bicyclic) bond motifs is 10. The van der Waals surface area contributed by atoms with Crippen LogP contribution in [-0.4, -0.2) is 4.57 Å². The van der Waals surface area contributed by atoms with Crippen molar-refractivity contribution in [3.63, 3.8) is 0 Å². The van der Waals surface area contributed by atoms with E-state index in [9.17, 15) is 0 Å². The Hall–Kier alpha value is -6.38. The number of rotatable bonds is 2. The van der Waals surface area contributed by atoms with Gasteiger partial charge >= 0.3 is 0 Å². The lowest BCUT2D eigenvalue weighted by molar-refractivity contribution is 0.661. The predicted octanol–water partition coefficient (Wildman–Crippen LogP) is 13.6. The summed E-state index contributed by atoms with van der Waals surface area (Å²) in [6.45, 7) is 4.73. The maximum atomic E-state index is 6.46. The van der Waals surface area contributed by atoms with Crippen LogP contribution in [0.25, 0.3) is 104 Å². The van der Waals surface area contributed by atoms with Gasteiger partial charge in [-0.15, -0.1) is 0 Å². The second-order valence-corrected chi connectivity index (χ2v) is 14.9. The monoisotopic (exact) mass is 649 g/mol. The van der Waals surface area contributed by atoms with Gasteiger partial charge in [0.25, 0.3) is 0 Å². The second-order valence-electron chi connectivity index (χ2n) is 14.9. The third kappa shape index (κ3) is 3.47. The van der Waals surface area contributed by atoms with Crippen LogP contribution in [0, 0.1) is 0 Å². The first-order valence-corrected chi connectivity index (χ1v) is 17.8. The predicted molar refractivity (Wildman–Crippen MR) is 215 cm³/mol. The first kappa shape index (κ1) is 27.4. The van der Waals surface area contributed by atoms with Crippen LogP contribution in [0.3, 0.4) is 0 Å². The lowest BCUT2D eigenvalue weighted by Gasteiger charge is -2.21. The number of benzene rings is 9. The zero-order chi connectivity index (χ0) is 33.6. The van der Waals surface area contributed by atoms with Gasteiger partial charge in [0.15, 0.2) is 0 Å². The van der Waals surface area contributed by atoms with Crippen molar-refractivity contribution in [2.75, 3.05) is 0 Å². The van der Waals surface area contributed by atoms with Gasteiger partial charge in [-0.05, 0) is 108 Å². The van der Waals surface area contributed by atoms with E-state index in [1.54, 1.807) is 0 Å². The fourth-order valence-electron chi connectivity index (χ4n) is 9.55. The van der Waals surface area contributed by atoms with E-state index in [1.165, 1.54) is 87.5 Å². The fourth-order valence-corrected chi connectivity index (χ4v) is 9.55. The smallest absolute Gasteiger partial charge is 0.137 e. The van der Waals surface area contributed by atoms with Gasteiger partial charge in [0.1, 0.15) is 11.2 Å². The number of hydrogen-bond acceptors (Lipinski definition) is 1. The molecule has 0 unspecified atom stereocenters. The van der Waals surface area contributed by atoms with E-state index >= 15 is 0 Å². The van der Waals surface area contributed by atoms with Gasteiger partial charge < -0.3 is 8.98 Å². The molecule has 2 nitrogen and oxygen atoms in total. The summed E-state index contributed by atoms with van der Waals surface area (Å²) in [6, 6.07) is 56.2. The Morgan fingerprint density at radius 3 is 2.04 bits per heavy atom. The molecule has 11 aromatic rings. The van der Waals surface area contributed by atoms with Crippen LogP contribution >= 0.6 is 0 Å². The standard InChI is InChI=1S/C49H31NO/c1-49(2)40-12-5-3-10-34(40)38-26-39-36-24-25-44-47(37-11-4-6-13-43(37)51-44)48(36)50(42(39)27-41(38)49)32-20-16-28(17-21-32)33-22-18-31-15-14-29-8-7-9-30-19-23-35(33)46(31)45(29)30/h3-27H,1-2H3. The molecule has 238 valence electrons. The molecule has 9 aromatic carbocycles. The molecule has 0 atom stereocenters. The van der Waals surface area contributed by atoms with Crippen molar-refractivity contribution in [1.29, 1.82) is 0 Å². The van der Waals surface area contributed by atoms with E-state index in [1.807, 2.05) is 0 Å². The third-order valence-electron chi connectivity index (χ3n) is 11.9. The minimum absolute atomic E-state index is 0.0993. The molecule has 2 heteroatoms. The molecule has 12 rings (SSSR count). The average Bonchev–Trinajstić information content (AvgIpc) is 3.78. The highest BCUT2D eigenvalue weighted by Crippen LogP contribution is 2.52. The van der Waals surface area contributed by atoms with Gasteiger partial charge in [-0.1, -0.05) is 123 Å². The van der Waals surface area contributed by atoms with Crippen LogP contribution in [0.2, 0.25) is 0 Å². The summed E-state index contributed by atoms with van der Waals surface area (Å²) in [5.74, 6) is 0. The summed E-state index contributed by atoms with van der Waals surface area (Å²) in [6.07, 6.45) is 0. The Morgan fingerprint density at radius 1 is 0.451 bits per heavy atom. The van der Waals surface area contributed by atoms with Gasteiger partial charge in [-0.2, -0.15) is 0 Å². The molecule has 0 radical (unpaired) electrons. The Bertz CT molecular complexity index is 3250. The maximum absolute atomic E-state index is 6.46. The highest BCUT2D eigenvalue weighted by Gasteiger charge is 2.36. The molecular weight excluding hydrogens is 619 g/mol. The lowest BCUT2D eigenvalue weighted by atomic mass is 9.82. The summed E-state index contributed by atoms with van der Waals surface area (Å²) in [7, 11) is 0. The summed E-state index contributed by atoms with van der Waals surface area (Å²) < 4.78 is 8.95. The van der Waals surface area contributed by atoms with Crippen LogP contribution in [0.5, 0.6) is 0 Å². The molecule has 1 aliphatic rings. The van der Waals surface area contributed by atoms with Crippen LogP contribution in [-0.2, 0) is 5.41 Å². The normalized spacial score (nSPS) is 13.8. The number of nitrogens with zero attached hydrogens (tertiary/aromatic N) is 1. The molecule has 0 saturated carbocycles. The van der Waals surface area contributed by atoms with Gasteiger partial charge in [0, 0.05) is 27.3 Å². The number of furan rings is 1. The third-order valence-corrected chi connectivity index (χ3v) is 11.9. The molecule has 0 aliphatic heterocycles. The average molecular weight is 650 g/mol. The molecule has 0 bridgehead atoms. The van der Waals surface area contributed by atoms with Gasteiger partial charge in [0.2, 0.25) is 0 Å². The summed E-state index contributed by atoms with van der Waals surface area (Å²) in [4.78, 5) is 0.